The lowest BCUT2D eigenvalue weighted by atomic mass is 10.2. The van der Waals surface area contributed by atoms with Gasteiger partial charge in [0, 0.05) is 12.6 Å². The van der Waals surface area contributed by atoms with Crippen molar-refractivity contribution in [1.82, 2.24) is 10.0 Å². The van der Waals surface area contributed by atoms with Crippen LogP contribution in [0.25, 0.3) is 0 Å². The summed E-state index contributed by atoms with van der Waals surface area (Å²) in [6.45, 7) is 1.07. The number of nitrogens with one attached hydrogen (secondary N) is 2. The Labute approximate surface area is 134 Å². The molecule has 1 aromatic carbocycles. The number of rotatable bonds is 6. The predicted octanol–water partition coefficient (Wildman–Crippen LogP) is 1.06. The first-order valence-electron chi connectivity index (χ1n) is 6.49. The van der Waals surface area contributed by atoms with Crippen molar-refractivity contribution in [3.63, 3.8) is 0 Å². The molecule has 0 amide bonds. The number of sulfonamides is 1. The number of hydrogen-bond donors (Lipinski definition) is 2. The molecule has 0 spiro atoms. The molecule has 0 bridgehead atoms. The molecule has 8 nitrogen and oxygen atoms in total. The second-order valence-electron chi connectivity index (χ2n) is 4.74. The van der Waals surface area contributed by atoms with Crippen molar-refractivity contribution in [3.8, 4) is 5.75 Å². The van der Waals surface area contributed by atoms with Crippen LogP contribution in [-0.4, -0.2) is 39.6 Å². The Kier molecular flexibility index (Phi) is 6.54. The highest BCUT2D eigenvalue weighted by atomic mass is 35.5. The van der Waals surface area contributed by atoms with Crippen LogP contribution in [0.4, 0.5) is 5.69 Å². The van der Waals surface area contributed by atoms with E-state index in [1.54, 1.807) is 0 Å². The fourth-order valence-corrected chi connectivity index (χ4v) is 3.45. The molecule has 0 radical (unpaired) electrons. The van der Waals surface area contributed by atoms with Gasteiger partial charge in [-0.3, -0.25) is 10.1 Å². The smallest absolute Gasteiger partial charge is 0.293 e. The molecule has 0 aromatic heterocycles. The summed E-state index contributed by atoms with van der Waals surface area (Å²) in [4.78, 5) is 9.96. The van der Waals surface area contributed by atoms with Crippen LogP contribution in [0.1, 0.15) is 12.8 Å². The first-order chi connectivity index (χ1) is 9.94. The summed E-state index contributed by atoms with van der Waals surface area (Å²) in [5.41, 5.74) is -0.499. The normalized spacial score (nSPS) is 17.8. The van der Waals surface area contributed by atoms with Gasteiger partial charge in [0.1, 0.15) is 5.75 Å². The zero-order valence-corrected chi connectivity index (χ0v) is 13.6. The molecule has 1 atom stereocenters. The minimum atomic E-state index is -3.94. The number of ether oxygens (including phenoxy) is 1. The lowest BCUT2D eigenvalue weighted by Crippen LogP contribution is -2.37. The number of nitro benzene ring substituents is 1. The van der Waals surface area contributed by atoms with E-state index >= 15 is 0 Å². The van der Waals surface area contributed by atoms with Gasteiger partial charge in [-0.25, -0.2) is 13.1 Å². The lowest BCUT2D eigenvalue weighted by Gasteiger charge is -2.12. The summed E-state index contributed by atoms with van der Waals surface area (Å²) in [6.07, 6.45) is 1.88. The second kappa shape index (κ2) is 7.73. The summed E-state index contributed by atoms with van der Waals surface area (Å²) in [5, 5.41) is 14.2. The van der Waals surface area contributed by atoms with E-state index in [-0.39, 0.29) is 35.6 Å². The maximum Gasteiger partial charge on any atom is 0.293 e. The number of methoxy groups -OCH3 is 1. The summed E-state index contributed by atoms with van der Waals surface area (Å²) in [5.74, 6) is 0.234. The summed E-state index contributed by atoms with van der Waals surface area (Å²) in [6, 6.07) is 3.73. The third-order valence-corrected chi connectivity index (χ3v) is 4.81. The van der Waals surface area contributed by atoms with Gasteiger partial charge in [-0.05, 0) is 31.5 Å². The van der Waals surface area contributed by atoms with Crippen LogP contribution < -0.4 is 14.8 Å². The molecule has 1 aliphatic heterocycles. The molecular formula is C12H18ClN3O5S. The van der Waals surface area contributed by atoms with E-state index < -0.39 is 20.6 Å². The second-order valence-corrected chi connectivity index (χ2v) is 6.47. The van der Waals surface area contributed by atoms with Gasteiger partial charge in [0.2, 0.25) is 10.0 Å². The van der Waals surface area contributed by atoms with Crippen LogP contribution in [0.5, 0.6) is 5.75 Å². The Hall–Kier alpha value is -1.42. The zero-order chi connectivity index (χ0) is 15.5. The van der Waals surface area contributed by atoms with Crippen molar-refractivity contribution < 1.29 is 18.1 Å². The van der Waals surface area contributed by atoms with Crippen LogP contribution in [-0.2, 0) is 10.0 Å². The van der Waals surface area contributed by atoms with E-state index in [9.17, 15) is 18.5 Å². The number of halogens is 1. The Morgan fingerprint density at radius 2 is 2.23 bits per heavy atom. The predicted molar refractivity (Wildman–Crippen MR) is 83.1 cm³/mol. The molecule has 22 heavy (non-hydrogen) atoms. The molecule has 1 saturated heterocycles. The molecule has 1 unspecified atom stereocenters. The van der Waals surface area contributed by atoms with Gasteiger partial charge in [-0.1, -0.05) is 0 Å². The van der Waals surface area contributed by atoms with Crippen LogP contribution in [0.15, 0.2) is 23.1 Å². The highest BCUT2D eigenvalue weighted by molar-refractivity contribution is 7.89. The third kappa shape index (κ3) is 4.29. The average molecular weight is 352 g/mol. The quantitative estimate of drug-likeness (QED) is 0.585. The van der Waals surface area contributed by atoms with Crippen LogP contribution in [0.2, 0.25) is 0 Å². The molecule has 1 aromatic rings. The monoisotopic (exact) mass is 351 g/mol. The van der Waals surface area contributed by atoms with E-state index in [4.69, 9.17) is 4.74 Å². The summed E-state index contributed by atoms with van der Waals surface area (Å²) < 4.78 is 31.8. The minimum Gasteiger partial charge on any atom is -0.497 e. The van der Waals surface area contributed by atoms with Crippen LogP contribution >= 0.6 is 12.4 Å². The van der Waals surface area contributed by atoms with Crippen molar-refractivity contribution in [3.05, 3.63) is 28.3 Å². The van der Waals surface area contributed by atoms with Gasteiger partial charge < -0.3 is 10.1 Å². The van der Waals surface area contributed by atoms with E-state index in [0.717, 1.165) is 25.5 Å². The number of hydrogen-bond acceptors (Lipinski definition) is 6. The molecule has 1 heterocycles. The Balaban J connectivity index is 0.00000242. The minimum absolute atomic E-state index is 0. The van der Waals surface area contributed by atoms with E-state index in [2.05, 4.69) is 10.0 Å². The van der Waals surface area contributed by atoms with Crippen molar-refractivity contribution in [1.29, 1.82) is 0 Å². The van der Waals surface area contributed by atoms with Crippen LogP contribution in [0, 0.1) is 10.1 Å². The standard InChI is InChI=1S/C12H17N3O5S.ClH/c1-20-10-4-5-12(11(7-10)15(16)17)21(18,19)14-8-9-3-2-6-13-9;/h4-5,7,9,13-14H,2-3,6,8H2,1H3;1H. The van der Waals surface area contributed by atoms with Gasteiger partial charge in [0.25, 0.3) is 5.69 Å². The van der Waals surface area contributed by atoms with E-state index in [1.807, 2.05) is 0 Å². The average Bonchev–Trinajstić information content (AvgIpc) is 2.98. The molecule has 0 saturated carbocycles. The SMILES string of the molecule is COc1ccc(S(=O)(=O)NCC2CCCN2)c([N+](=O)[O-])c1.Cl. The highest BCUT2D eigenvalue weighted by Gasteiger charge is 2.27. The summed E-state index contributed by atoms with van der Waals surface area (Å²) >= 11 is 0. The first-order valence-corrected chi connectivity index (χ1v) is 7.98. The van der Waals surface area contributed by atoms with Crippen molar-refractivity contribution in [2.24, 2.45) is 0 Å². The van der Waals surface area contributed by atoms with Gasteiger partial charge in [-0.15, -0.1) is 12.4 Å². The zero-order valence-electron chi connectivity index (χ0n) is 11.9. The molecule has 124 valence electrons. The Morgan fingerprint density at radius 1 is 1.50 bits per heavy atom. The van der Waals surface area contributed by atoms with E-state index in [1.165, 1.54) is 19.2 Å². The van der Waals surface area contributed by atoms with E-state index in [0.29, 0.717) is 0 Å². The molecule has 1 fully saturated rings. The Morgan fingerprint density at radius 3 is 2.77 bits per heavy atom. The fourth-order valence-electron chi connectivity index (χ4n) is 2.21. The van der Waals surface area contributed by atoms with Crippen molar-refractivity contribution in [2.45, 2.75) is 23.8 Å². The molecule has 2 rings (SSSR count). The molecule has 1 aliphatic rings. The largest absolute Gasteiger partial charge is 0.497 e. The van der Waals surface area contributed by atoms with Gasteiger partial charge >= 0.3 is 0 Å². The molecule has 2 N–H and O–H groups in total. The third-order valence-electron chi connectivity index (χ3n) is 3.33. The van der Waals surface area contributed by atoms with Gasteiger partial charge in [0.05, 0.1) is 18.1 Å². The molecule has 0 aliphatic carbocycles. The van der Waals surface area contributed by atoms with Gasteiger partial charge in [0.15, 0.2) is 4.90 Å². The highest BCUT2D eigenvalue weighted by Crippen LogP contribution is 2.28. The van der Waals surface area contributed by atoms with Crippen LogP contribution in [0.3, 0.4) is 0 Å². The number of benzene rings is 1. The first kappa shape index (κ1) is 18.6. The number of nitro groups is 1. The number of nitrogens with zero attached hydrogens (tertiary/aromatic N) is 1. The maximum absolute atomic E-state index is 12.2. The van der Waals surface area contributed by atoms with Crippen molar-refractivity contribution >= 4 is 28.1 Å². The topological polar surface area (TPSA) is 111 Å². The lowest BCUT2D eigenvalue weighted by molar-refractivity contribution is -0.387. The maximum atomic E-state index is 12.2. The molecular weight excluding hydrogens is 334 g/mol. The Bertz CT molecular complexity index is 632. The van der Waals surface area contributed by atoms with Crippen molar-refractivity contribution in [2.75, 3.05) is 20.2 Å². The van der Waals surface area contributed by atoms with Gasteiger partial charge in [-0.2, -0.15) is 0 Å². The summed E-state index contributed by atoms with van der Waals surface area (Å²) in [7, 11) is -2.58. The molecule has 10 heteroatoms. The fraction of sp³-hybridized carbons (Fsp3) is 0.500.